The quantitative estimate of drug-likeness (QED) is 0.882. The predicted molar refractivity (Wildman–Crippen MR) is 72.1 cm³/mol. The van der Waals surface area contributed by atoms with Crippen LogP contribution in [0.4, 0.5) is 5.69 Å². The number of benzene rings is 1. The third kappa shape index (κ3) is 3.47. The minimum Gasteiger partial charge on any atom is -0.480 e. The summed E-state index contributed by atoms with van der Waals surface area (Å²) in [5, 5.41) is 8.82. The van der Waals surface area contributed by atoms with Gasteiger partial charge in [-0.2, -0.15) is 0 Å². The van der Waals surface area contributed by atoms with Crippen molar-refractivity contribution in [2.75, 3.05) is 37.6 Å². The second kappa shape index (κ2) is 5.87. The number of hydrogen-bond acceptors (Lipinski definition) is 3. The number of hydrogen-bond donors (Lipinski definition) is 1. The van der Waals surface area contributed by atoms with E-state index in [0.717, 1.165) is 32.6 Å². The van der Waals surface area contributed by atoms with Gasteiger partial charge in [0.1, 0.15) is 0 Å². The molecule has 4 nitrogen and oxygen atoms in total. The van der Waals surface area contributed by atoms with E-state index in [0.29, 0.717) is 0 Å². The van der Waals surface area contributed by atoms with Crippen LogP contribution < -0.4 is 4.90 Å². The van der Waals surface area contributed by atoms with Crippen LogP contribution in [0.2, 0.25) is 0 Å². The summed E-state index contributed by atoms with van der Waals surface area (Å²) < 4.78 is 0. The molecule has 0 amide bonds. The Balaban J connectivity index is 1.96. The van der Waals surface area contributed by atoms with Crippen molar-refractivity contribution >= 4 is 11.7 Å². The van der Waals surface area contributed by atoms with E-state index in [9.17, 15) is 4.79 Å². The van der Waals surface area contributed by atoms with Crippen LogP contribution in [0.1, 0.15) is 12.0 Å². The molecule has 4 heteroatoms. The molecular weight excluding hydrogens is 228 g/mol. The van der Waals surface area contributed by atoms with Crippen molar-refractivity contribution < 1.29 is 9.90 Å². The summed E-state index contributed by atoms with van der Waals surface area (Å²) in [6, 6.07) is 8.52. The predicted octanol–water partition coefficient (Wildman–Crippen LogP) is 1.59. The monoisotopic (exact) mass is 248 g/mol. The molecule has 1 heterocycles. The first-order valence-corrected chi connectivity index (χ1v) is 6.41. The summed E-state index contributed by atoms with van der Waals surface area (Å²) in [5.41, 5.74) is 2.50. The molecule has 0 aliphatic carbocycles. The van der Waals surface area contributed by atoms with Crippen molar-refractivity contribution in [2.24, 2.45) is 0 Å². The summed E-state index contributed by atoms with van der Waals surface area (Å²) in [7, 11) is 0. The number of aliphatic carboxylic acids is 1. The van der Waals surface area contributed by atoms with E-state index < -0.39 is 5.97 Å². The van der Waals surface area contributed by atoms with Crippen LogP contribution in [0.15, 0.2) is 24.3 Å². The number of nitrogens with zero attached hydrogens (tertiary/aromatic N) is 2. The maximum absolute atomic E-state index is 10.7. The van der Waals surface area contributed by atoms with Crippen LogP contribution in [-0.2, 0) is 4.79 Å². The third-order valence-corrected chi connectivity index (χ3v) is 3.35. The van der Waals surface area contributed by atoms with Gasteiger partial charge >= 0.3 is 5.97 Å². The Labute approximate surface area is 108 Å². The molecule has 1 aliphatic heterocycles. The topological polar surface area (TPSA) is 43.8 Å². The fraction of sp³-hybridized carbons (Fsp3) is 0.500. The number of carbonyl (C=O) groups is 1. The lowest BCUT2D eigenvalue weighted by Crippen LogP contribution is -2.34. The molecule has 2 rings (SSSR count). The van der Waals surface area contributed by atoms with Gasteiger partial charge in [0.2, 0.25) is 0 Å². The standard InChI is InChI=1S/C14H20N2O2/c1-12-3-5-13(6-4-12)16-8-2-7-15(9-10-16)11-14(17)18/h3-6H,2,7-11H2,1H3,(H,17,18). The normalized spacial score (nSPS) is 17.5. The van der Waals surface area contributed by atoms with Crippen LogP contribution in [0.3, 0.4) is 0 Å². The molecule has 0 saturated carbocycles. The van der Waals surface area contributed by atoms with Crippen LogP contribution >= 0.6 is 0 Å². The Kier molecular flexibility index (Phi) is 4.20. The second-order valence-electron chi connectivity index (χ2n) is 4.85. The van der Waals surface area contributed by atoms with Crippen LogP contribution in [-0.4, -0.2) is 48.7 Å². The molecule has 0 bridgehead atoms. The molecule has 1 saturated heterocycles. The zero-order valence-electron chi connectivity index (χ0n) is 10.8. The lowest BCUT2D eigenvalue weighted by Gasteiger charge is -2.23. The van der Waals surface area contributed by atoms with Gasteiger partial charge in [0.05, 0.1) is 6.54 Å². The molecule has 1 aromatic rings. The van der Waals surface area contributed by atoms with Gasteiger partial charge in [0, 0.05) is 31.9 Å². The van der Waals surface area contributed by atoms with Gasteiger partial charge in [-0.3, -0.25) is 9.69 Å². The molecular formula is C14H20N2O2. The first-order valence-electron chi connectivity index (χ1n) is 6.41. The molecule has 0 unspecified atom stereocenters. The Hall–Kier alpha value is -1.55. The zero-order valence-corrected chi connectivity index (χ0v) is 10.8. The van der Waals surface area contributed by atoms with E-state index >= 15 is 0 Å². The Morgan fingerprint density at radius 1 is 1.17 bits per heavy atom. The average molecular weight is 248 g/mol. The molecule has 0 radical (unpaired) electrons. The molecule has 0 aromatic heterocycles. The summed E-state index contributed by atoms with van der Waals surface area (Å²) in [6.07, 6.45) is 1.02. The molecule has 1 aliphatic rings. The Morgan fingerprint density at radius 3 is 2.56 bits per heavy atom. The Morgan fingerprint density at radius 2 is 1.89 bits per heavy atom. The third-order valence-electron chi connectivity index (χ3n) is 3.35. The SMILES string of the molecule is Cc1ccc(N2CCCN(CC(=O)O)CC2)cc1. The van der Waals surface area contributed by atoms with Gasteiger partial charge in [-0.15, -0.1) is 0 Å². The van der Waals surface area contributed by atoms with Crippen molar-refractivity contribution in [3.8, 4) is 0 Å². The van der Waals surface area contributed by atoms with E-state index in [1.54, 1.807) is 0 Å². The number of aryl methyl sites for hydroxylation is 1. The largest absolute Gasteiger partial charge is 0.480 e. The maximum atomic E-state index is 10.7. The fourth-order valence-corrected chi connectivity index (χ4v) is 2.33. The molecule has 1 fully saturated rings. The van der Waals surface area contributed by atoms with Gasteiger partial charge < -0.3 is 10.0 Å². The lowest BCUT2D eigenvalue weighted by atomic mass is 10.2. The molecule has 1 aromatic carbocycles. The minimum atomic E-state index is -0.737. The smallest absolute Gasteiger partial charge is 0.317 e. The van der Waals surface area contributed by atoms with E-state index in [2.05, 4.69) is 36.1 Å². The van der Waals surface area contributed by atoms with Crippen LogP contribution in [0, 0.1) is 6.92 Å². The zero-order chi connectivity index (χ0) is 13.0. The van der Waals surface area contributed by atoms with Gasteiger partial charge in [-0.1, -0.05) is 17.7 Å². The Bertz CT molecular complexity index is 403. The number of rotatable bonds is 3. The highest BCUT2D eigenvalue weighted by Gasteiger charge is 2.16. The molecule has 0 spiro atoms. The van der Waals surface area contributed by atoms with Crippen molar-refractivity contribution in [1.82, 2.24) is 4.90 Å². The first-order chi connectivity index (χ1) is 8.65. The number of anilines is 1. The van der Waals surface area contributed by atoms with Gasteiger partial charge in [0.25, 0.3) is 0 Å². The van der Waals surface area contributed by atoms with Gasteiger partial charge in [0.15, 0.2) is 0 Å². The first kappa shape index (κ1) is 12.9. The van der Waals surface area contributed by atoms with E-state index in [1.807, 2.05) is 4.90 Å². The molecule has 1 N–H and O–H groups in total. The highest BCUT2D eigenvalue weighted by Crippen LogP contribution is 2.17. The fourth-order valence-electron chi connectivity index (χ4n) is 2.33. The van der Waals surface area contributed by atoms with Crippen LogP contribution in [0.5, 0.6) is 0 Å². The van der Waals surface area contributed by atoms with Crippen molar-refractivity contribution in [3.63, 3.8) is 0 Å². The van der Waals surface area contributed by atoms with Crippen molar-refractivity contribution in [1.29, 1.82) is 0 Å². The highest BCUT2D eigenvalue weighted by atomic mass is 16.4. The van der Waals surface area contributed by atoms with Crippen molar-refractivity contribution in [3.05, 3.63) is 29.8 Å². The summed E-state index contributed by atoms with van der Waals surface area (Å²) in [4.78, 5) is 15.1. The van der Waals surface area contributed by atoms with Gasteiger partial charge in [-0.25, -0.2) is 0 Å². The average Bonchev–Trinajstić information content (AvgIpc) is 2.55. The van der Waals surface area contributed by atoms with Crippen LogP contribution in [0.25, 0.3) is 0 Å². The van der Waals surface area contributed by atoms with Gasteiger partial charge in [-0.05, 0) is 25.5 Å². The summed E-state index contributed by atoms with van der Waals surface area (Å²) in [5.74, 6) is -0.737. The summed E-state index contributed by atoms with van der Waals surface area (Å²) >= 11 is 0. The van der Waals surface area contributed by atoms with E-state index in [-0.39, 0.29) is 6.54 Å². The highest BCUT2D eigenvalue weighted by molar-refractivity contribution is 5.69. The second-order valence-corrected chi connectivity index (χ2v) is 4.85. The molecule has 18 heavy (non-hydrogen) atoms. The van der Waals surface area contributed by atoms with E-state index in [4.69, 9.17) is 5.11 Å². The molecule has 98 valence electrons. The summed E-state index contributed by atoms with van der Waals surface area (Å²) in [6.45, 7) is 5.83. The molecule has 0 atom stereocenters. The lowest BCUT2D eigenvalue weighted by molar-refractivity contribution is -0.138. The minimum absolute atomic E-state index is 0.155. The van der Waals surface area contributed by atoms with Crippen molar-refractivity contribution in [2.45, 2.75) is 13.3 Å². The number of carboxylic acids is 1. The van der Waals surface area contributed by atoms with E-state index in [1.165, 1.54) is 11.3 Å². The maximum Gasteiger partial charge on any atom is 0.317 e. The number of carboxylic acid groups (broad SMARTS) is 1.